The fourth-order valence-electron chi connectivity index (χ4n) is 0.738. The summed E-state index contributed by atoms with van der Waals surface area (Å²) >= 11 is 3.27. The zero-order chi connectivity index (χ0) is 8.27. The molecule has 1 aromatic rings. The van der Waals surface area contributed by atoms with E-state index in [0.29, 0.717) is 0 Å². The van der Waals surface area contributed by atoms with Crippen molar-refractivity contribution in [2.45, 2.75) is 6.92 Å². The Bertz CT molecular complexity index is 277. The molecular weight excluding hydrogens is 204 g/mol. The largest absolute Gasteiger partial charge is 0.402 e. The highest BCUT2D eigenvalue weighted by Gasteiger charge is 1.89. The van der Waals surface area contributed by atoms with E-state index >= 15 is 0 Å². The average Bonchev–Trinajstić information content (AvgIpc) is 1.85. The lowest BCUT2D eigenvalue weighted by Crippen LogP contribution is -1.90. The van der Waals surface area contributed by atoms with E-state index in [9.17, 15) is 0 Å². The van der Waals surface area contributed by atoms with Crippen LogP contribution in [0.25, 0.3) is 6.08 Å². The molecule has 1 rings (SSSR count). The second kappa shape index (κ2) is 3.53. The highest BCUT2D eigenvalue weighted by molar-refractivity contribution is 9.10. The molecule has 0 aliphatic heterocycles. The maximum Gasteiger partial charge on any atom is 0.106 e. The maximum atomic E-state index is 5.48. The quantitative estimate of drug-likeness (QED) is 0.726. The van der Waals surface area contributed by atoms with E-state index in [1.807, 2.05) is 31.2 Å². The molecular formula is C8H9BrN2. The molecule has 0 saturated carbocycles. The minimum absolute atomic E-state index is 0.760. The standard InChI is InChI=1S/C8H9BrN2/c1-6(10)5-7-3-2-4-8(9)11-7/h2-5H,10H2,1H3. The van der Waals surface area contributed by atoms with E-state index in [0.717, 1.165) is 16.0 Å². The number of allylic oxidation sites excluding steroid dienone is 1. The normalized spacial score (nSPS) is 11.6. The first-order valence-electron chi connectivity index (χ1n) is 3.25. The Hall–Kier alpha value is -0.830. The number of pyridine rings is 1. The lowest BCUT2D eigenvalue weighted by molar-refractivity contribution is 1.23. The minimum atomic E-state index is 0.760. The van der Waals surface area contributed by atoms with E-state index < -0.39 is 0 Å². The van der Waals surface area contributed by atoms with Gasteiger partial charge in [-0.05, 0) is 41.1 Å². The van der Waals surface area contributed by atoms with Crippen LogP contribution >= 0.6 is 15.9 Å². The first kappa shape index (κ1) is 8.27. The second-order valence-corrected chi connectivity index (χ2v) is 3.09. The van der Waals surface area contributed by atoms with Crippen LogP contribution in [0.15, 0.2) is 28.5 Å². The summed E-state index contributed by atoms with van der Waals surface area (Å²) in [4.78, 5) is 4.17. The van der Waals surface area contributed by atoms with Gasteiger partial charge in [-0.1, -0.05) is 6.07 Å². The Labute approximate surface area is 74.3 Å². The number of rotatable bonds is 1. The Balaban J connectivity index is 2.97. The monoisotopic (exact) mass is 212 g/mol. The predicted octanol–water partition coefficient (Wildman–Crippen LogP) is 2.16. The lowest BCUT2D eigenvalue weighted by Gasteiger charge is -1.94. The second-order valence-electron chi connectivity index (χ2n) is 2.27. The van der Waals surface area contributed by atoms with Gasteiger partial charge in [0.2, 0.25) is 0 Å². The predicted molar refractivity (Wildman–Crippen MR) is 49.8 cm³/mol. The molecule has 1 heterocycles. The molecule has 0 aromatic carbocycles. The van der Waals surface area contributed by atoms with Crippen LogP contribution < -0.4 is 5.73 Å². The van der Waals surface area contributed by atoms with Crippen LogP contribution in [-0.2, 0) is 0 Å². The number of nitrogens with two attached hydrogens (primary N) is 1. The van der Waals surface area contributed by atoms with Gasteiger partial charge in [-0.2, -0.15) is 0 Å². The maximum absolute atomic E-state index is 5.48. The molecule has 0 spiro atoms. The van der Waals surface area contributed by atoms with Crippen molar-refractivity contribution in [2.75, 3.05) is 0 Å². The van der Waals surface area contributed by atoms with Crippen molar-refractivity contribution in [2.24, 2.45) is 5.73 Å². The van der Waals surface area contributed by atoms with Gasteiger partial charge in [0, 0.05) is 5.70 Å². The molecule has 1 aromatic heterocycles. The van der Waals surface area contributed by atoms with Crippen molar-refractivity contribution in [3.05, 3.63) is 34.2 Å². The first-order chi connectivity index (χ1) is 5.18. The van der Waals surface area contributed by atoms with Crippen LogP contribution in [0.3, 0.4) is 0 Å². The van der Waals surface area contributed by atoms with Gasteiger partial charge in [0.25, 0.3) is 0 Å². The van der Waals surface area contributed by atoms with E-state index in [1.54, 1.807) is 0 Å². The topological polar surface area (TPSA) is 38.9 Å². The van der Waals surface area contributed by atoms with Gasteiger partial charge in [0.15, 0.2) is 0 Å². The first-order valence-corrected chi connectivity index (χ1v) is 4.04. The molecule has 0 saturated heterocycles. The molecule has 0 aliphatic carbocycles. The molecule has 11 heavy (non-hydrogen) atoms. The lowest BCUT2D eigenvalue weighted by atomic mass is 10.3. The number of nitrogens with zero attached hydrogens (tertiary/aromatic N) is 1. The fraction of sp³-hybridized carbons (Fsp3) is 0.125. The summed E-state index contributed by atoms with van der Waals surface area (Å²) in [6.07, 6.45) is 1.82. The molecule has 58 valence electrons. The van der Waals surface area contributed by atoms with Gasteiger partial charge in [-0.15, -0.1) is 0 Å². The van der Waals surface area contributed by atoms with Crippen molar-refractivity contribution in [3.63, 3.8) is 0 Å². The third-order valence-electron chi connectivity index (χ3n) is 1.11. The molecule has 0 unspecified atom stereocenters. The minimum Gasteiger partial charge on any atom is -0.402 e. The fourth-order valence-corrected chi connectivity index (χ4v) is 1.09. The van der Waals surface area contributed by atoms with Crippen LogP contribution in [0, 0.1) is 0 Å². The zero-order valence-electron chi connectivity index (χ0n) is 6.21. The molecule has 0 radical (unpaired) electrons. The van der Waals surface area contributed by atoms with Crippen molar-refractivity contribution >= 4 is 22.0 Å². The number of hydrogen-bond acceptors (Lipinski definition) is 2. The van der Waals surface area contributed by atoms with Gasteiger partial charge >= 0.3 is 0 Å². The van der Waals surface area contributed by atoms with E-state index in [4.69, 9.17) is 5.73 Å². The van der Waals surface area contributed by atoms with Gasteiger partial charge in [0.1, 0.15) is 4.60 Å². The van der Waals surface area contributed by atoms with Crippen molar-refractivity contribution in [1.82, 2.24) is 4.98 Å². The van der Waals surface area contributed by atoms with E-state index in [-0.39, 0.29) is 0 Å². The van der Waals surface area contributed by atoms with Crippen LogP contribution in [0.5, 0.6) is 0 Å². The summed E-state index contributed by atoms with van der Waals surface area (Å²) in [5, 5.41) is 0. The van der Waals surface area contributed by atoms with Gasteiger partial charge in [-0.3, -0.25) is 0 Å². The van der Waals surface area contributed by atoms with Crippen LogP contribution in [-0.4, -0.2) is 4.98 Å². The summed E-state index contributed by atoms with van der Waals surface area (Å²) in [5.41, 5.74) is 7.11. The number of hydrogen-bond donors (Lipinski definition) is 1. The summed E-state index contributed by atoms with van der Waals surface area (Å²) in [6.45, 7) is 1.84. The van der Waals surface area contributed by atoms with E-state index in [1.165, 1.54) is 0 Å². The SMILES string of the molecule is CC(N)=Cc1cccc(Br)n1. The van der Waals surface area contributed by atoms with Crippen molar-refractivity contribution < 1.29 is 0 Å². The Kier molecular flexibility index (Phi) is 2.65. The van der Waals surface area contributed by atoms with Crippen LogP contribution in [0.4, 0.5) is 0 Å². The van der Waals surface area contributed by atoms with Crippen LogP contribution in [0.2, 0.25) is 0 Å². The molecule has 0 bridgehead atoms. The Morgan fingerprint density at radius 3 is 2.91 bits per heavy atom. The summed E-state index contributed by atoms with van der Waals surface area (Å²) in [5.74, 6) is 0. The Morgan fingerprint density at radius 2 is 2.36 bits per heavy atom. The van der Waals surface area contributed by atoms with Gasteiger partial charge in [-0.25, -0.2) is 4.98 Å². The molecule has 0 aliphatic rings. The number of aromatic nitrogens is 1. The van der Waals surface area contributed by atoms with Gasteiger partial charge in [0.05, 0.1) is 5.69 Å². The molecule has 0 fully saturated rings. The Morgan fingerprint density at radius 1 is 1.64 bits per heavy atom. The molecule has 0 atom stereocenters. The molecule has 0 amide bonds. The summed E-state index contributed by atoms with van der Waals surface area (Å²) < 4.78 is 0.826. The van der Waals surface area contributed by atoms with Crippen molar-refractivity contribution in [1.29, 1.82) is 0 Å². The van der Waals surface area contributed by atoms with E-state index in [2.05, 4.69) is 20.9 Å². The third-order valence-corrected chi connectivity index (χ3v) is 1.55. The third kappa shape index (κ3) is 2.72. The molecule has 3 heteroatoms. The summed E-state index contributed by atoms with van der Waals surface area (Å²) in [7, 11) is 0. The summed E-state index contributed by atoms with van der Waals surface area (Å²) in [6, 6.07) is 5.70. The average molecular weight is 213 g/mol. The van der Waals surface area contributed by atoms with Gasteiger partial charge < -0.3 is 5.73 Å². The number of halogens is 1. The van der Waals surface area contributed by atoms with Crippen molar-refractivity contribution in [3.8, 4) is 0 Å². The molecule has 2 nitrogen and oxygen atoms in total. The highest BCUT2D eigenvalue weighted by Crippen LogP contribution is 2.07. The highest BCUT2D eigenvalue weighted by atomic mass is 79.9. The molecule has 2 N–H and O–H groups in total. The van der Waals surface area contributed by atoms with Crippen LogP contribution in [0.1, 0.15) is 12.6 Å². The smallest absolute Gasteiger partial charge is 0.106 e. The zero-order valence-corrected chi connectivity index (χ0v) is 7.80.